The number of hydrogen-bond donors (Lipinski definition) is 1. The number of carbonyl (C=O) groups is 1. The molecule has 0 spiro atoms. The van der Waals surface area contributed by atoms with Crippen molar-refractivity contribution in [1.29, 1.82) is 0 Å². The summed E-state index contributed by atoms with van der Waals surface area (Å²) in [5.74, 6) is -0.0355. The van der Waals surface area contributed by atoms with Crippen molar-refractivity contribution in [1.82, 2.24) is 20.1 Å². The average Bonchev–Trinajstić information content (AvgIpc) is 3.02. The molecular weight excluding hydrogens is 368 g/mol. The molecule has 2 heterocycles. The van der Waals surface area contributed by atoms with Gasteiger partial charge in [0.25, 0.3) is 5.91 Å². The molecule has 1 aromatic heterocycles. The van der Waals surface area contributed by atoms with Crippen molar-refractivity contribution in [3.8, 4) is 10.6 Å². The molecule has 7 heteroatoms. The third-order valence-corrected chi connectivity index (χ3v) is 6.05. The Morgan fingerprint density at radius 3 is 2.81 bits per heavy atom. The van der Waals surface area contributed by atoms with E-state index < -0.39 is 0 Å². The smallest absolute Gasteiger partial charge is 0.263 e. The van der Waals surface area contributed by atoms with Crippen LogP contribution in [0.25, 0.3) is 10.6 Å². The van der Waals surface area contributed by atoms with E-state index >= 15 is 0 Å². The fraction of sp³-hybridized carbons (Fsp3) is 0.474. The summed E-state index contributed by atoms with van der Waals surface area (Å²) in [5, 5.41) is 4.53. The van der Waals surface area contributed by atoms with Gasteiger partial charge < -0.3 is 15.1 Å². The second kappa shape index (κ2) is 8.95. The molecule has 0 atom stereocenters. The molecule has 1 aliphatic rings. The molecule has 0 saturated carbocycles. The summed E-state index contributed by atoms with van der Waals surface area (Å²) in [6.45, 7) is 8.07. The van der Waals surface area contributed by atoms with Crippen LogP contribution in [0.2, 0.25) is 5.02 Å². The van der Waals surface area contributed by atoms with Crippen LogP contribution < -0.4 is 5.32 Å². The third kappa shape index (κ3) is 5.04. The molecule has 1 amide bonds. The zero-order valence-corrected chi connectivity index (χ0v) is 16.9. The first-order valence-electron chi connectivity index (χ1n) is 8.95. The number of aromatic nitrogens is 1. The van der Waals surface area contributed by atoms with E-state index in [1.807, 2.05) is 31.2 Å². The number of halogens is 1. The van der Waals surface area contributed by atoms with Crippen LogP contribution >= 0.6 is 22.9 Å². The SMILES string of the molecule is Cc1nc(-c2cccc(Cl)c2)sc1C(=O)NCCCN1CCN(C)CC1. The largest absolute Gasteiger partial charge is 0.351 e. The van der Waals surface area contributed by atoms with E-state index in [-0.39, 0.29) is 5.91 Å². The molecule has 1 fully saturated rings. The van der Waals surface area contributed by atoms with Crippen LogP contribution in [-0.4, -0.2) is 67.0 Å². The summed E-state index contributed by atoms with van der Waals surface area (Å²) >= 11 is 7.47. The first-order valence-corrected chi connectivity index (χ1v) is 10.1. The van der Waals surface area contributed by atoms with Gasteiger partial charge in [-0.15, -0.1) is 11.3 Å². The zero-order chi connectivity index (χ0) is 18.5. The molecule has 0 aliphatic carbocycles. The van der Waals surface area contributed by atoms with Gasteiger partial charge in [0.2, 0.25) is 0 Å². The van der Waals surface area contributed by atoms with Gasteiger partial charge in [-0.05, 0) is 39.1 Å². The van der Waals surface area contributed by atoms with E-state index in [0.717, 1.165) is 55.4 Å². The predicted octanol–water partition coefficient (Wildman–Crippen LogP) is 3.14. The Hall–Kier alpha value is -1.47. The molecule has 2 aromatic rings. The number of benzene rings is 1. The topological polar surface area (TPSA) is 48.5 Å². The lowest BCUT2D eigenvalue weighted by Gasteiger charge is -2.32. The molecule has 3 rings (SSSR count). The molecule has 1 aliphatic heterocycles. The fourth-order valence-electron chi connectivity index (χ4n) is 3.01. The van der Waals surface area contributed by atoms with Crippen LogP contribution in [0.5, 0.6) is 0 Å². The van der Waals surface area contributed by atoms with Crippen molar-refractivity contribution < 1.29 is 4.79 Å². The Bertz CT molecular complexity index is 756. The molecule has 0 radical (unpaired) electrons. The minimum atomic E-state index is -0.0355. The monoisotopic (exact) mass is 392 g/mol. The molecule has 5 nitrogen and oxygen atoms in total. The number of thiazole rings is 1. The van der Waals surface area contributed by atoms with E-state index in [4.69, 9.17) is 11.6 Å². The second-order valence-electron chi connectivity index (χ2n) is 6.70. The predicted molar refractivity (Wildman–Crippen MR) is 108 cm³/mol. The molecule has 26 heavy (non-hydrogen) atoms. The lowest BCUT2D eigenvalue weighted by Crippen LogP contribution is -2.45. The Kier molecular flexibility index (Phi) is 6.64. The van der Waals surface area contributed by atoms with Gasteiger partial charge in [0.05, 0.1) is 5.69 Å². The molecule has 1 N–H and O–H groups in total. The van der Waals surface area contributed by atoms with Crippen LogP contribution in [0, 0.1) is 6.92 Å². The fourth-order valence-corrected chi connectivity index (χ4v) is 4.18. The van der Waals surface area contributed by atoms with Crippen molar-refractivity contribution >= 4 is 28.8 Å². The highest BCUT2D eigenvalue weighted by atomic mass is 35.5. The van der Waals surface area contributed by atoms with Gasteiger partial charge in [-0.2, -0.15) is 0 Å². The van der Waals surface area contributed by atoms with Crippen molar-refractivity contribution in [3.63, 3.8) is 0 Å². The van der Waals surface area contributed by atoms with Gasteiger partial charge in [0.1, 0.15) is 9.88 Å². The van der Waals surface area contributed by atoms with Gasteiger partial charge in [-0.25, -0.2) is 4.98 Å². The summed E-state index contributed by atoms with van der Waals surface area (Å²) in [6.07, 6.45) is 0.967. The maximum absolute atomic E-state index is 12.5. The normalized spacial score (nSPS) is 16.0. The highest BCUT2D eigenvalue weighted by Gasteiger charge is 2.17. The summed E-state index contributed by atoms with van der Waals surface area (Å²) in [6, 6.07) is 7.56. The summed E-state index contributed by atoms with van der Waals surface area (Å²) < 4.78 is 0. The van der Waals surface area contributed by atoms with Gasteiger partial charge in [-0.1, -0.05) is 23.7 Å². The maximum atomic E-state index is 12.5. The van der Waals surface area contributed by atoms with Gasteiger partial charge in [0.15, 0.2) is 0 Å². The summed E-state index contributed by atoms with van der Waals surface area (Å²) in [5.41, 5.74) is 1.71. The highest BCUT2D eigenvalue weighted by molar-refractivity contribution is 7.17. The average molecular weight is 393 g/mol. The lowest BCUT2D eigenvalue weighted by atomic mass is 10.2. The number of piperazine rings is 1. The lowest BCUT2D eigenvalue weighted by molar-refractivity contribution is 0.0952. The molecule has 0 bridgehead atoms. The second-order valence-corrected chi connectivity index (χ2v) is 8.13. The Balaban J connectivity index is 1.50. The molecule has 1 aromatic carbocycles. The standard InChI is InChI=1S/C19H25ClN4OS/c1-14-17(26-19(22-14)15-5-3-6-16(20)13-15)18(25)21-7-4-8-24-11-9-23(2)10-12-24/h3,5-6,13H,4,7-12H2,1-2H3,(H,21,25). The van der Waals surface area contributed by atoms with E-state index in [2.05, 4.69) is 27.1 Å². The quantitative estimate of drug-likeness (QED) is 0.767. The molecule has 1 saturated heterocycles. The van der Waals surface area contributed by atoms with Crippen LogP contribution in [-0.2, 0) is 0 Å². The van der Waals surface area contributed by atoms with E-state index in [0.29, 0.717) is 16.4 Å². The maximum Gasteiger partial charge on any atom is 0.263 e. The van der Waals surface area contributed by atoms with Crippen molar-refractivity contribution in [2.24, 2.45) is 0 Å². The molecule has 140 valence electrons. The number of hydrogen-bond acceptors (Lipinski definition) is 5. The Morgan fingerprint density at radius 2 is 2.08 bits per heavy atom. The first kappa shape index (κ1) is 19.3. The highest BCUT2D eigenvalue weighted by Crippen LogP contribution is 2.29. The van der Waals surface area contributed by atoms with E-state index in [9.17, 15) is 4.79 Å². The van der Waals surface area contributed by atoms with Crippen molar-refractivity contribution in [2.45, 2.75) is 13.3 Å². The van der Waals surface area contributed by atoms with Crippen LogP contribution in [0.1, 0.15) is 21.8 Å². The number of nitrogens with one attached hydrogen (secondary N) is 1. The van der Waals surface area contributed by atoms with Crippen LogP contribution in [0.4, 0.5) is 0 Å². The minimum absolute atomic E-state index is 0.0355. The first-order chi connectivity index (χ1) is 12.5. The van der Waals surface area contributed by atoms with Gasteiger partial charge >= 0.3 is 0 Å². The third-order valence-electron chi connectivity index (χ3n) is 4.61. The van der Waals surface area contributed by atoms with E-state index in [1.54, 1.807) is 0 Å². The minimum Gasteiger partial charge on any atom is -0.351 e. The molecular formula is C19H25ClN4OS. The van der Waals surface area contributed by atoms with Gasteiger partial charge in [-0.3, -0.25) is 4.79 Å². The van der Waals surface area contributed by atoms with Crippen LogP contribution in [0.15, 0.2) is 24.3 Å². The number of amides is 1. The van der Waals surface area contributed by atoms with E-state index in [1.165, 1.54) is 11.3 Å². The van der Waals surface area contributed by atoms with Crippen LogP contribution in [0.3, 0.4) is 0 Å². The zero-order valence-electron chi connectivity index (χ0n) is 15.3. The van der Waals surface area contributed by atoms with Crippen molar-refractivity contribution in [3.05, 3.63) is 39.9 Å². The summed E-state index contributed by atoms with van der Waals surface area (Å²) in [7, 11) is 2.16. The number of carbonyl (C=O) groups excluding carboxylic acids is 1. The Labute approximate surface area is 164 Å². The summed E-state index contributed by atoms with van der Waals surface area (Å²) in [4.78, 5) is 22.5. The Morgan fingerprint density at radius 1 is 1.31 bits per heavy atom. The number of aryl methyl sites for hydroxylation is 1. The number of nitrogens with zero attached hydrogens (tertiary/aromatic N) is 3. The molecule has 0 unspecified atom stereocenters. The number of likely N-dealkylation sites (N-methyl/N-ethyl adjacent to an activating group) is 1. The number of rotatable bonds is 6. The van der Waals surface area contributed by atoms with Crippen molar-refractivity contribution in [2.75, 3.05) is 46.3 Å². The van der Waals surface area contributed by atoms with Gasteiger partial charge in [0, 0.05) is 43.3 Å².